The molecule has 1 N–H and O–H groups in total. The number of aromatic amines is 1. The van der Waals surface area contributed by atoms with Crippen LogP contribution in [0.1, 0.15) is 24.1 Å². The molecule has 0 spiro atoms. The van der Waals surface area contributed by atoms with Crippen LogP contribution in [-0.2, 0) is 13.0 Å². The summed E-state index contributed by atoms with van der Waals surface area (Å²) in [6.07, 6.45) is 8.74. The largest absolute Gasteiger partial charge is 0.496 e. The monoisotopic (exact) mass is 335 g/mol. The Balaban J connectivity index is 1.39. The molecule has 2 bridgehead atoms. The fourth-order valence-electron chi connectivity index (χ4n) is 5.01. The van der Waals surface area contributed by atoms with Gasteiger partial charge < -0.3 is 4.74 Å². The summed E-state index contributed by atoms with van der Waals surface area (Å²) in [4.78, 5) is 2.63. The number of benzene rings is 1. The number of para-hydroxylation sites is 1. The fourth-order valence-corrected chi connectivity index (χ4v) is 5.01. The molecule has 0 saturated heterocycles. The van der Waals surface area contributed by atoms with E-state index >= 15 is 0 Å². The Bertz CT molecular complexity index is 809. The molecule has 2 aliphatic carbocycles. The van der Waals surface area contributed by atoms with Gasteiger partial charge in [0.25, 0.3) is 0 Å². The summed E-state index contributed by atoms with van der Waals surface area (Å²) in [5, 5.41) is 7.91. The van der Waals surface area contributed by atoms with Crippen molar-refractivity contribution in [3.8, 4) is 17.0 Å². The number of nitrogens with one attached hydrogen (secondary N) is 1. The molecule has 4 heteroatoms. The second-order valence-corrected chi connectivity index (χ2v) is 7.76. The minimum absolute atomic E-state index is 0.824. The molecule has 1 unspecified atom stereocenters. The van der Waals surface area contributed by atoms with Crippen LogP contribution in [0.15, 0.2) is 36.4 Å². The van der Waals surface area contributed by atoms with Gasteiger partial charge in [-0.25, -0.2) is 0 Å². The molecule has 0 amide bonds. The predicted molar refractivity (Wildman–Crippen MR) is 98.4 cm³/mol. The lowest BCUT2D eigenvalue weighted by Crippen LogP contribution is -2.35. The summed E-state index contributed by atoms with van der Waals surface area (Å²) in [7, 11) is 1.73. The van der Waals surface area contributed by atoms with Gasteiger partial charge in [0.15, 0.2) is 0 Å². The van der Waals surface area contributed by atoms with Crippen molar-refractivity contribution >= 4 is 0 Å². The summed E-state index contributed by atoms with van der Waals surface area (Å²) >= 11 is 0. The third-order valence-electron chi connectivity index (χ3n) is 6.28. The van der Waals surface area contributed by atoms with E-state index < -0.39 is 0 Å². The summed E-state index contributed by atoms with van der Waals surface area (Å²) in [5.74, 6) is 3.42. The molecule has 25 heavy (non-hydrogen) atoms. The number of H-pyrrole nitrogens is 1. The third kappa shape index (κ3) is 2.60. The Morgan fingerprint density at radius 1 is 1.24 bits per heavy atom. The summed E-state index contributed by atoms with van der Waals surface area (Å²) < 4.78 is 5.55. The molecule has 1 aromatic carbocycles. The quantitative estimate of drug-likeness (QED) is 0.867. The number of rotatable bonds is 4. The number of hydrogen-bond acceptors (Lipinski definition) is 3. The Morgan fingerprint density at radius 3 is 2.96 bits per heavy atom. The van der Waals surface area contributed by atoms with Gasteiger partial charge in [0, 0.05) is 42.9 Å². The highest BCUT2D eigenvalue weighted by atomic mass is 16.5. The SMILES string of the molecule is COc1ccccc1-c1n[nH]c2c1CN(CC1C[C@H]3C=C[C@@H]1C3)CC2. The maximum absolute atomic E-state index is 5.55. The highest BCUT2D eigenvalue weighted by molar-refractivity contribution is 5.70. The number of methoxy groups -OCH3 is 1. The van der Waals surface area contributed by atoms with Crippen LogP contribution in [0.3, 0.4) is 0 Å². The van der Waals surface area contributed by atoms with Crippen LogP contribution in [-0.4, -0.2) is 35.3 Å². The second kappa shape index (κ2) is 6.03. The van der Waals surface area contributed by atoms with E-state index in [1.54, 1.807) is 7.11 Å². The first kappa shape index (κ1) is 15.2. The number of nitrogens with zero attached hydrogens (tertiary/aromatic N) is 2. The average molecular weight is 335 g/mol. The predicted octanol–water partition coefficient (Wildman–Crippen LogP) is 3.66. The summed E-state index contributed by atoms with van der Waals surface area (Å²) in [6, 6.07) is 8.19. The van der Waals surface area contributed by atoms with Crippen LogP contribution >= 0.6 is 0 Å². The molecule has 3 atom stereocenters. The number of allylic oxidation sites excluding steroid dienone is 2. The van der Waals surface area contributed by atoms with Crippen LogP contribution in [0.5, 0.6) is 5.75 Å². The Morgan fingerprint density at radius 2 is 2.16 bits per heavy atom. The standard InChI is InChI=1S/C21H25N3O/c1-25-20-5-3-2-4-17(20)21-18-13-24(9-8-19(18)22-23-21)12-16-11-14-6-7-15(16)10-14/h2-7,14-16H,8-13H2,1H3,(H,22,23)/t14-,15+,16?/m0/s1. The maximum atomic E-state index is 5.55. The van der Waals surface area contributed by atoms with Crippen molar-refractivity contribution in [2.45, 2.75) is 25.8 Å². The van der Waals surface area contributed by atoms with Gasteiger partial charge in [0.1, 0.15) is 11.4 Å². The molecule has 0 radical (unpaired) electrons. The van der Waals surface area contributed by atoms with E-state index in [-0.39, 0.29) is 0 Å². The van der Waals surface area contributed by atoms with Crippen molar-refractivity contribution in [2.24, 2.45) is 17.8 Å². The van der Waals surface area contributed by atoms with E-state index in [0.29, 0.717) is 0 Å². The van der Waals surface area contributed by atoms with Gasteiger partial charge in [-0.3, -0.25) is 10.00 Å². The number of aromatic nitrogens is 2. The zero-order valence-electron chi connectivity index (χ0n) is 14.7. The van der Waals surface area contributed by atoms with Crippen LogP contribution in [0.25, 0.3) is 11.3 Å². The molecule has 2 aromatic rings. The lowest BCUT2D eigenvalue weighted by molar-refractivity contribution is 0.199. The number of ether oxygens (including phenoxy) is 1. The Labute approximate surface area is 148 Å². The molecular weight excluding hydrogens is 310 g/mol. The van der Waals surface area contributed by atoms with Gasteiger partial charge in [0.05, 0.1) is 7.11 Å². The summed E-state index contributed by atoms with van der Waals surface area (Å²) in [6.45, 7) is 3.36. The van der Waals surface area contributed by atoms with E-state index in [4.69, 9.17) is 4.74 Å². The molecule has 1 fully saturated rings. The Kier molecular flexibility index (Phi) is 3.66. The van der Waals surface area contributed by atoms with Gasteiger partial charge in [-0.2, -0.15) is 5.10 Å². The molecule has 1 aromatic heterocycles. The molecule has 3 aliphatic rings. The Hall–Kier alpha value is -2.07. The lowest BCUT2D eigenvalue weighted by atomic mass is 9.92. The zero-order chi connectivity index (χ0) is 16.8. The van der Waals surface area contributed by atoms with Crippen molar-refractivity contribution in [2.75, 3.05) is 20.2 Å². The highest BCUT2D eigenvalue weighted by Gasteiger charge is 2.37. The third-order valence-corrected chi connectivity index (χ3v) is 6.28. The highest BCUT2D eigenvalue weighted by Crippen LogP contribution is 2.44. The van der Waals surface area contributed by atoms with E-state index in [1.165, 1.54) is 30.6 Å². The van der Waals surface area contributed by atoms with Crippen LogP contribution < -0.4 is 4.74 Å². The average Bonchev–Trinajstić information content (AvgIpc) is 3.36. The molecule has 4 nitrogen and oxygen atoms in total. The number of hydrogen-bond donors (Lipinski definition) is 1. The van der Waals surface area contributed by atoms with Gasteiger partial charge >= 0.3 is 0 Å². The van der Waals surface area contributed by atoms with Crippen molar-refractivity contribution in [1.82, 2.24) is 15.1 Å². The topological polar surface area (TPSA) is 41.1 Å². The maximum Gasteiger partial charge on any atom is 0.128 e. The van der Waals surface area contributed by atoms with Crippen molar-refractivity contribution in [3.63, 3.8) is 0 Å². The van der Waals surface area contributed by atoms with Crippen LogP contribution in [0.4, 0.5) is 0 Å². The molecule has 1 aliphatic heterocycles. The molecule has 5 rings (SSSR count). The fraction of sp³-hybridized carbons (Fsp3) is 0.476. The minimum Gasteiger partial charge on any atom is -0.496 e. The lowest BCUT2D eigenvalue weighted by Gasteiger charge is -2.31. The normalized spacial score (nSPS) is 27.6. The van der Waals surface area contributed by atoms with E-state index in [2.05, 4.69) is 39.4 Å². The first-order valence-corrected chi connectivity index (χ1v) is 9.42. The van der Waals surface area contributed by atoms with Gasteiger partial charge in [-0.1, -0.05) is 24.3 Å². The van der Waals surface area contributed by atoms with Crippen LogP contribution in [0, 0.1) is 17.8 Å². The van der Waals surface area contributed by atoms with E-state index in [0.717, 1.165) is 54.3 Å². The molecule has 1 saturated carbocycles. The van der Waals surface area contributed by atoms with Gasteiger partial charge in [-0.15, -0.1) is 0 Å². The van der Waals surface area contributed by atoms with Crippen molar-refractivity contribution < 1.29 is 4.74 Å². The van der Waals surface area contributed by atoms with Crippen molar-refractivity contribution in [1.29, 1.82) is 0 Å². The smallest absolute Gasteiger partial charge is 0.128 e. The number of fused-ring (bicyclic) bond motifs is 3. The molecular formula is C21H25N3O. The van der Waals surface area contributed by atoms with Crippen LogP contribution in [0.2, 0.25) is 0 Å². The first-order chi connectivity index (χ1) is 12.3. The van der Waals surface area contributed by atoms with E-state index in [9.17, 15) is 0 Å². The van der Waals surface area contributed by atoms with Gasteiger partial charge in [0.2, 0.25) is 0 Å². The molecule has 130 valence electrons. The van der Waals surface area contributed by atoms with E-state index in [1.807, 2.05) is 12.1 Å². The van der Waals surface area contributed by atoms with Crippen molar-refractivity contribution in [3.05, 3.63) is 47.7 Å². The minimum atomic E-state index is 0.824. The molecule has 2 heterocycles. The van der Waals surface area contributed by atoms with Gasteiger partial charge in [-0.05, 0) is 42.7 Å². The second-order valence-electron chi connectivity index (χ2n) is 7.76. The first-order valence-electron chi connectivity index (χ1n) is 9.42. The summed E-state index contributed by atoms with van der Waals surface area (Å²) in [5.41, 5.74) is 4.80. The zero-order valence-corrected chi connectivity index (χ0v) is 14.7.